The van der Waals surface area contributed by atoms with Gasteiger partial charge in [-0.15, -0.1) is 0 Å². The van der Waals surface area contributed by atoms with Gasteiger partial charge in [0.1, 0.15) is 17.0 Å². The summed E-state index contributed by atoms with van der Waals surface area (Å²) in [5, 5.41) is 8.08. The van der Waals surface area contributed by atoms with E-state index in [-0.39, 0.29) is 0 Å². The number of methoxy groups -OCH3 is 2. The fraction of sp³-hybridized carbons (Fsp3) is 0.238. The summed E-state index contributed by atoms with van der Waals surface area (Å²) in [6, 6.07) is 15.9. The highest BCUT2D eigenvalue weighted by Gasteiger charge is 2.08. The number of aromatic nitrogens is 1. The van der Waals surface area contributed by atoms with Crippen molar-refractivity contribution in [2.24, 2.45) is 0 Å². The molecule has 0 saturated carbocycles. The van der Waals surface area contributed by atoms with Crippen LogP contribution in [0.1, 0.15) is 12.0 Å². The predicted octanol–water partition coefficient (Wildman–Crippen LogP) is 4.17. The Bertz CT molecular complexity index is 930. The molecule has 0 radical (unpaired) electrons. The number of anilines is 1. The molecule has 2 N–H and O–H groups in total. The van der Waals surface area contributed by atoms with Gasteiger partial charge in [0.25, 0.3) is 0 Å². The molecule has 6 heteroatoms. The SMILES string of the molecule is COc1cccc(CCCNC(=S)Nc2ccc(OC)c3ncccc23)c1. The minimum atomic E-state index is 0.593. The van der Waals surface area contributed by atoms with Crippen molar-refractivity contribution in [1.29, 1.82) is 0 Å². The van der Waals surface area contributed by atoms with Gasteiger partial charge < -0.3 is 20.1 Å². The zero-order chi connectivity index (χ0) is 19.1. The van der Waals surface area contributed by atoms with Gasteiger partial charge in [-0.05, 0) is 67.0 Å². The second kappa shape index (κ2) is 9.19. The normalized spacial score (nSPS) is 10.4. The van der Waals surface area contributed by atoms with Crippen LogP contribution in [0.3, 0.4) is 0 Å². The Morgan fingerprint density at radius 1 is 1.07 bits per heavy atom. The number of nitrogens with zero attached hydrogens (tertiary/aromatic N) is 1. The van der Waals surface area contributed by atoms with E-state index in [1.807, 2.05) is 36.4 Å². The zero-order valence-electron chi connectivity index (χ0n) is 15.5. The van der Waals surface area contributed by atoms with Crippen LogP contribution in [0.15, 0.2) is 54.7 Å². The van der Waals surface area contributed by atoms with E-state index in [1.165, 1.54) is 5.56 Å². The van der Waals surface area contributed by atoms with Crippen LogP contribution in [0.5, 0.6) is 11.5 Å². The lowest BCUT2D eigenvalue weighted by molar-refractivity contribution is 0.414. The zero-order valence-corrected chi connectivity index (χ0v) is 16.3. The van der Waals surface area contributed by atoms with Crippen LogP contribution in [0.4, 0.5) is 5.69 Å². The Morgan fingerprint density at radius 3 is 2.78 bits per heavy atom. The Balaban J connectivity index is 1.54. The average molecular weight is 382 g/mol. The van der Waals surface area contributed by atoms with Crippen molar-refractivity contribution < 1.29 is 9.47 Å². The number of thiocarbonyl (C=S) groups is 1. The Hall–Kier alpha value is -2.86. The van der Waals surface area contributed by atoms with Crippen LogP contribution < -0.4 is 20.1 Å². The van der Waals surface area contributed by atoms with E-state index in [2.05, 4.69) is 27.8 Å². The summed E-state index contributed by atoms with van der Waals surface area (Å²) in [5.41, 5.74) is 2.97. The molecular formula is C21H23N3O2S. The first-order chi connectivity index (χ1) is 13.2. The van der Waals surface area contributed by atoms with Gasteiger partial charge in [0.15, 0.2) is 5.11 Å². The molecule has 0 saturated heterocycles. The van der Waals surface area contributed by atoms with Gasteiger partial charge in [0.05, 0.1) is 14.2 Å². The molecule has 0 amide bonds. The summed E-state index contributed by atoms with van der Waals surface area (Å²) in [4.78, 5) is 4.40. The maximum atomic E-state index is 5.44. The topological polar surface area (TPSA) is 55.4 Å². The fourth-order valence-corrected chi connectivity index (χ4v) is 3.12. The Morgan fingerprint density at radius 2 is 1.96 bits per heavy atom. The highest BCUT2D eigenvalue weighted by molar-refractivity contribution is 7.80. The highest BCUT2D eigenvalue weighted by atomic mass is 32.1. The first-order valence-electron chi connectivity index (χ1n) is 8.81. The summed E-state index contributed by atoms with van der Waals surface area (Å²) in [5.74, 6) is 1.63. The lowest BCUT2D eigenvalue weighted by atomic mass is 10.1. The maximum absolute atomic E-state index is 5.44. The third kappa shape index (κ3) is 4.86. The number of aryl methyl sites for hydroxylation is 1. The molecule has 5 nitrogen and oxygen atoms in total. The Kier molecular flexibility index (Phi) is 6.44. The van der Waals surface area contributed by atoms with Crippen LogP contribution in [-0.2, 0) is 6.42 Å². The number of ether oxygens (including phenoxy) is 2. The highest BCUT2D eigenvalue weighted by Crippen LogP contribution is 2.29. The largest absolute Gasteiger partial charge is 0.497 e. The van der Waals surface area contributed by atoms with Crippen LogP contribution in [-0.4, -0.2) is 30.9 Å². The van der Waals surface area contributed by atoms with E-state index in [0.717, 1.165) is 47.5 Å². The van der Waals surface area contributed by atoms with Gasteiger partial charge in [0, 0.05) is 23.8 Å². The minimum Gasteiger partial charge on any atom is -0.497 e. The molecule has 3 rings (SSSR count). The van der Waals surface area contributed by atoms with Crippen molar-refractivity contribution in [2.75, 3.05) is 26.1 Å². The molecule has 0 atom stereocenters. The first-order valence-corrected chi connectivity index (χ1v) is 9.21. The number of benzene rings is 2. The van der Waals surface area contributed by atoms with E-state index in [0.29, 0.717) is 5.11 Å². The molecule has 140 valence electrons. The Labute approximate surface area is 164 Å². The molecule has 1 heterocycles. The van der Waals surface area contributed by atoms with Crippen LogP contribution >= 0.6 is 12.2 Å². The standard InChI is InChI=1S/C21H23N3O2S/c1-25-16-8-3-6-15(14-16)7-4-13-23-21(27)24-18-10-11-19(26-2)20-17(18)9-5-12-22-20/h3,5-6,8-12,14H,4,7,13H2,1-2H3,(H2,23,24,27). The van der Waals surface area contributed by atoms with Gasteiger partial charge in [0.2, 0.25) is 0 Å². The van der Waals surface area contributed by atoms with E-state index in [4.69, 9.17) is 21.7 Å². The molecule has 27 heavy (non-hydrogen) atoms. The van der Waals surface area contributed by atoms with Crippen molar-refractivity contribution in [1.82, 2.24) is 10.3 Å². The number of hydrogen-bond acceptors (Lipinski definition) is 4. The lowest BCUT2D eigenvalue weighted by Crippen LogP contribution is -2.29. The number of hydrogen-bond donors (Lipinski definition) is 2. The number of nitrogens with one attached hydrogen (secondary N) is 2. The lowest BCUT2D eigenvalue weighted by Gasteiger charge is -2.14. The minimum absolute atomic E-state index is 0.593. The van der Waals surface area contributed by atoms with Crippen molar-refractivity contribution in [3.05, 3.63) is 60.3 Å². The monoisotopic (exact) mass is 381 g/mol. The van der Waals surface area contributed by atoms with Crippen LogP contribution in [0.2, 0.25) is 0 Å². The maximum Gasteiger partial charge on any atom is 0.170 e. The first kappa shape index (κ1) is 18.9. The van der Waals surface area contributed by atoms with Gasteiger partial charge in [-0.2, -0.15) is 0 Å². The summed E-state index contributed by atoms with van der Waals surface area (Å²) in [6.07, 6.45) is 3.69. The molecule has 3 aromatic rings. The quantitative estimate of drug-likeness (QED) is 0.473. The molecule has 0 bridgehead atoms. The number of fused-ring (bicyclic) bond motifs is 1. The summed E-state index contributed by atoms with van der Waals surface area (Å²) < 4.78 is 10.6. The van der Waals surface area contributed by atoms with Gasteiger partial charge in [-0.3, -0.25) is 4.98 Å². The van der Waals surface area contributed by atoms with Crippen LogP contribution in [0, 0.1) is 0 Å². The smallest absolute Gasteiger partial charge is 0.170 e. The second-order valence-corrected chi connectivity index (χ2v) is 6.46. The van der Waals surface area contributed by atoms with Crippen molar-refractivity contribution in [3.63, 3.8) is 0 Å². The molecule has 0 aliphatic rings. The van der Waals surface area contributed by atoms with Crippen molar-refractivity contribution >= 4 is 33.9 Å². The third-order valence-corrected chi connectivity index (χ3v) is 4.51. The van der Waals surface area contributed by atoms with E-state index in [1.54, 1.807) is 20.4 Å². The summed E-state index contributed by atoms with van der Waals surface area (Å²) in [7, 11) is 3.33. The molecule has 0 spiro atoms. The molecule has 0 unspecified atom stereocenters. The van der Waals surface area contributed by atoms with Crippen LogP contribution in [0.25, 0.3) is 10.9 Å². The average Bonchev–Trinajstić information content (AvgIpc) is 2.71. The predicted molar refractivity (Wildman–Crippen MR) is 114 cm³/mol. The van der Waals surface area contributed by atoms with Gasteiger partial charge in [-0.25, -0.2) is 0 Å². The molecule has 1 aromatic heterocycles. The van der Waals surface area contributed by atoms with E-state index >= 15 is 0 Å². The molecule has 0 aliphatic heterocycles. The third-order valence-electron chi connectivity index (χ3n) is 4.26. The van der Waals surface area contributed by atoms with Crippen molar-refractivity contribution in [3.8, 4) is 11.5 Å². The molecule has 0 aliphatic carbocycles. The number of pyridine rings is 1. The number of rotatable bonds is 7. The summed E-state index contributed by atoms with van der Waals surface area (Å²) >= 11 is 5.44. The van der Waals surface area contributed by atoms with Gasteiger partial charge >= 0.3 is 0 Å². The molecular weight excluding hydrogens is 358 g/mol. The van der Waals surface area contributed by atoms with Crippen molar-refractivity contribution in [2.45, 2.75) is 12.8 Å². The molecule has 2 aromatic carbocycles. The summed E-state index contributed by atoms with van der Waals surface area (Å²) in [6.45, 7) is 0.787. The second-order valence-electron chi connectivity index (χ2n) is 6.05. The van der Waals surface area contributed by atoms with Gasteiger partial charge in [-0.1, -0.05) is 12.1 Å². The molecule has 0 fully saturated rings. The van der Waals surface area contributed by atoms with E-state index in [9.17, 15) is 0 Å². The van der Waals surface area contributed by atoms with E-state index < -0.39 is 0 Å². The fourth-order valence-electron chi connectivity index (χ4n) is 2.91.